The number of aromatic nitrogens is 2. The third kappa shape index (κ3) is 2.62. The van der Waals surface area contributed by atoms with Crippen molar-refractivity contribution in [1.82, 2.24) is 9.55 Å². The van der Waals surface area contributed by atoms with Crippen LogP contribution in [0.25, 0.3) is 0 Å². The topological polar surface area (TPSA) is 78.0 Å². The van der Waals surface area contributed by atoms with Crippen LogP contribution in [0.1, 0.15) is 29.9 Å². The Morgan fingerprint density at radius 3 is 2.90 bits per heavy atom. The van der Waals surface area contributed by atoms with Crippen molar-refractivity contribution in [3.63, 3.8) is 0 Å². The van der Waals surface area contributed by atoms with Gasteiger partial charge in [0, 0.05) is 18.7 Å². The molecule has 20 heavy (non-hydrogen) atoms. The molecule has 0 amide bonds. The maximum atomic E-state index is 11.2. The molecule has 0 fully saturated rings. The van der Waals surface area contributed by atoms with Crippen LogP contribution in [0.4, 0.5) is 0 Å². The molecule has 2 N–H and O–H groups in total. The van der Waals surface area contributed by atoms with Gasteiger partial charge in [-0.15, -0.1) is 0 Å². The molecule has 0 bridgehead atoms. The molecule has 0 saturated heterocycles. The normalized spacial score (nSPS) is 18.8. The molecule has 2 aromatic rings. The van der Waals surface area contributed by atoms with Crippen LogP contribution < -0.4 is 5.14 Å². The molecule has 6 heteroatoms. The minimum absolute atomic E-state index is 0.0680. The maximum Gasteiger partial charge on any atom is 0.257 e. The predicted molar refractivity (Wildman–Crippen MR) is 75.7 cm³/mol. The number of imidazole rings is 1. The summed E-state index contributed by atoms with van der Waals surface area (Å²) in [5.41, 5.74) is 2.76. The van der Waals surface area contributed by atoms with Crippen LogP contribution in [0.15, 0.2) is 41.8 Å². The molecule has 0 aliphatic heterocycles. The molecule has 3 rings (SSSR count). The molecule has 0 spiro atoms. The number of nitrogens with zero attached hydrogens (tertiary/aromatic N) is 2. The maximum absolute atomic E-state index is 11.2. The Labute approximate surface area is 118 Å². The van der Waals surface area contributed by atoms with Gasteiger partial charge in [-0.3, -0.25) is 0 Å². The zero-order valence-corrected chi connectivity index (χ0v) is 11.9. The molecular formula is C14H17N3O2S. The fraction of sp³-hybridized carbons (Fsp3) is 0.357. The monoisotopic (exact) mass is 291 g/mol. The summed E-state index contributed by atoms with van der Waals surface area (Å²) in [5, 5.41) is 5.01. The number of nitrogens with two attached hydrogens (primary N) is 1. The van der Waals surface area contributed by atoms with Gasteiger partial charge in [0.05, 0.1) is 6.33 Å². The van der Waals surface area contributed by atoms with Crippen molar-refractivity contribution in [3.05, 3.63) is 47.9 Å². The lowest BCUT2D eigenvalue weighted by molar-refractivity contribution is 0.482. The predicted octanol–water partition coefficient (Wildman–Crippen LogP) is 1.65. The van der Waals surface area contributed by atoms with Gasteiger partial charge >= 0.3 is 0 Å². The first-order valence-corrected chi connectivity index (χ1v) is 8.21. The van der Waals surface area contributed by atoms with Crippen molar-refractivity contribution in [2.45, 2.75) is 36.8 Å². The number of rotatable bonds is 3. The molecule has 1 aliphatic rings. The third-order valence-corrected chi connectivity index (χ3v) is 4.62. The Kier molecular flexibility index (Phi) is 3.35. The fourth-order valence-electron chi connectivity index (χ4n) is 2.89. The molecular weight excluding hydrogens is 274 g/mol. The van der Waals surface area contributed by atoms with Gasteiger partial charge in [-0.05, 0) is 30.4 Å². The lowest BCUT2D eigenvalue weighted by Gasteiger charge is -2.25. The number of hydrogen-bond acceptors (Lipinski definition) is 3. The number of sulfonamides is 1. The lowest BCUT2D eigenvalue weighted by Crippen LogP contribution is -2.15. The fourth-order valence-corrected chi connectivity index (χ4v) is 3.36. The minimum Gasteiger partial charge on any atom is -0.335 e. The highest BCUT2D eigenvalue weighted by Crippen LogP contribution is 2.32. The largest absolute Gasteiger partial charge is 0.335 e. The van der Waals surface area contributed by atoms with Crippen LogP contribution in [0.3, 0.4) is 0 Å². The Morgan fingerprint density at radius 1 is 1.35 bits per heavy atom. The molecule has 1 unspecified atom stereocenters. The van der Waals surface area contributed by atoms with Crippen molar-refractivity contribution < 1.29 is 8.42 Å². The number of fused-ring (bicyclic) bond motifs is 1. The van der Waals surface area contributed by atoms with Crippen LogP contribution in [0.5, 0.6) is 0 Å². The number of primary sulfonamides is 1. The van der Waals surface area contributed by atoms with E-state index in [9.17, 15) is 8.42 Å². The Balaban J connectivity index is 1.84. The summed E-state index contributed by atoms with van der Waals surface area (Å²) in [6.07, 6.45) is 6.45. The van der Waals surface area contributed by atoms with E-state index >= 15 is 0 Å². The average Bonchev–Trinajstić information content (AvgIpc) is 2.88. The van der Waals surface area contributed by atoms with E-state index in [1.165, 1.54) is 30.1 Å². The van der Waals surface area contributed by atoms with E-state index in [4.69, 9.17) is 5.14 Å². The zero-order valence-electron chi connectivity index (χ0n) is 11.1. The molecule has 0 radical (unpaired) electrons. The van der Waals surface area contributed by atoms with Gasteiger partial charge in [0.1, 0.15) is 0 Å². The molecule has 1 aromatic heterocycles. The quantitative estimate of drug-likeness (QED) is 0.934. The van der Waals surface area contributed by atoms with Crippen LogP contribution in [-0.2, 0) is 23.0 Å². The highest BCUT2D eigenvalue weighted by atomic mass is 32.2. The summed E-state index contributed by atoms with van der Waals surface area (Å²) in [4.78, 5) is 3.86. The first kappa shape index (κ1) is 13.3. The molecule has 1 atom stereocenters. The number of aryl methyl sites for hydroxylation is 1. The van der Waals surface area contributed by atoms with Gasteiger partial charge in [-0.25, -0.2) is 18.5 Å². The van der Waals surface area contributed by atoms with Gasteiger partial charge in [0.15, 0.2) is 5.03 Å². The Hall–Kier alpha value is -1.66. The Bertz CT molecular complexity index is 722. The molecule has 0 saturated carbocycles. The van der Waals surface area contributed by atoms with Gasteiger partial charge in [0.2, 0.25) is 0 Å². The van der Waals surface area contributed by atoms with Crippen molar-refractivity contribution in [3.8, 4) is 0 Å². The summed E-state index contributed by atoms with van der Waals surface area (Å²) in [5.74, 6) is 0.405. The Morgan fingerprint density at radius 2 is 2.15 bits per heavy atom. The standard InChI is InChI=1S/C14H17N3O2S/c15-20(18,19)14-9-17(10-16-14)8-12-6-3-5-11-4-1-2-7-13(11)12/h1-2,4,7,9-10,12H,3,5-6,8H2,(H2,15,18,19). The van der Waals surface area contributed by atoms with Crippen molar-refractivity contribution >= 4 is 10.0 Å². The second kappa shape index (κ2) is 5.03. The summed E-state index contributed by atoms with van der Waals surface area (Å²) in [6.45, 7) is 0.736. The molecule has 106 valence electrons. The van der Waals surface area contributed by atoms with Gasteiger partial charge < -0.3 is 4.57 Å². The zero-order chi connectivity index (χ0) is 14.2. The SMILES string of the molecule is NS(=O)(=O)c1cn(CC2CCCc3ccccc32)cn1. The van der Waals surface area contributed by atoms with Gasteiger partial charge in [-0.2, -0.15) is 0 Å². The molecule has 1 aliphatic carbocycles. The third-order valence-electron chi connectivity index (χ3n) is 3.83. The van der Waals surface area contributed by atoms with Crippen LogP contribution in [0, 0.1) is 0 Å². The first-order valence-electron chi connectivity index (χ1n) is 6.66. The van der Waals surface area contributed by atoms with E-state index in [0.717, 1.165) is 19.4 Å². The van der Waals surface area contributed by atoms with E-state index in [1.807, 2.05) is 4.57 Å². The van der Waals surface area contributed by atoms with E-state index < -0.39 is 10.0 Å². The van der Waals surface area contributed by atoms with Crippen molar-refractivity contribution in [2.75, 3.05) is 0 Å². The van der Waals surface area contributed by atoms with Crippen LogP contribution in [0.2, 0.25) is 0 Å². The summed E-state index contributed by atoms with van der Waals surface area (Å²) < 4.78 is 24.3. The van der Waals surface area contributed by atoms with Crippen LogP contribution in [-0.4, -0.2) is 18.0 Å². The summed E-state index contributed by atoms with van der Waals surface area (Å²) in [6, 6.07) is 8.46. The summed E-state index contributed by atoms with van der Waals surface area (Å²) in [7, 11) is -3.72. The van der Waals surface area contributed by atoms with E-state index in [-0.39, 0.29) is 5.03 Å². The highest BCUT2D eigenvalue weighted by Gasteiger charge is 2.21. The number of hydrogen-bond donors (Lipinski definition) is 1. The summed E-state index contributed by atoms with van der Waals surface area (Å²) >= 11 is 0. The minimum atomic E-state index is -3.72. The molecule has 5 nitrogen and oxygen atoms in total. The van der Waals surface area contributed by atoms with E-state index in [2.05, 4.69) is 29.2 Å². The smallest absolute Gasteiger partial charge is 0.257 e. The highest BCUT2D eigenvalue weighted by molar-refractivity contribution is 7.89. The number of benzene rings is 1. The lowest BCUT2D eigenvalue weighted by atomic mass is 9.83. The second-order valence-electron chi connectivity index (χ2n) is 5.24. The van der Waals surface area contributed by atoms with Crippen molar-refractivity contribution in [2.24, 2.45) is 5.14 Å². The first-order chi connectivity index (χ1) is 9.54. The second-order valence-corrected chi connectivity index (χ2v) is 6.75. The van der Waals surface area contributed by atoms with Crippen LogP contribution >= 0.6 is 0 Å². The van der Waals surface area contributed by atoms with Gasteiger partial charge in [-0.1, -0.05) is 24.3 Å². The molecule has 1 heterocycles. The molecule has 1 aromatic carbocycles. The van der Waals surface area contributed by atoms with Gasteiger partial charge in [0.25, 0.3) is 10.0 Å². The van der Waals surface area contributed by atoms with Crippen molar-refractivity contribution in [1.29, 1.82) is 0 Å². The average molecular weight is 291 g/mol. The van der Waals surface area contributed by atoms with E-state index in [0.29, 0.717) is 5.92 Å². The van der Waals surface area contributed by atoms with E-state index in [1.54, 1.807) is 0 Å².